The molecule has 0 aliphatic carbocycles. The third kappa shape index (κ3) is 8.08. The summed E-state index contributed by atoms with van der Waals surface area (Å²) in [5.74, 6) is 0. The molecule has 10 aromatic carbocycles. The molecular weight excluding hydrogens is 974 g/mol. The molecule has 0 saturated heterocycles. The molecule has 0 atom stereocenters. The highest BCUT2D eigenvalue weighted by Gasteiger charge is 2.32. The summed E-state index contributed by atoms with van der Waals surface area (Å²) in [4.78, 5) is 7.48. The van der Waals surface area contributed by atoms with Gasteiger partial charge in [-0.2, -0.15) is 34.2 Å². The lowest BCUT2D eigenvalue weighted by Crippen LogP contribution is -2.07. The topological polar surface area (TPSA) is 114 Å². The van der Waals surface area contributed by atoms with Crippen LogP contribution in [-0.4, -0.2) is 9.13 Å². The van der Waals surface area contributed by atoms with E-state index in [4.69, 9.17) is 13.1 Å². The number of nitrogens with zero attached hydrogens (tertiary/aromatic N) is 8. The van der Waals surface area contributed by atoms with E-state index in [2.05, 4.69) is 34.0 Å². The molecule has 11 heteroatoms. The van der Waals surface area contributed by atoms with Crippen LogP contribution >= 0.6 is 0 Å². The van der Waals surface area contributed by atoms with Crippen LogP contribution in [0.4, 0.5) is 24.5 Å². The Morgan fingerprint density at radius 1 is 0.372 bits per heavy atom. The van der Waals surface area contributed by atoms with Crippen molar-refractivity contribution in [2.75, 3.05) is 0 Å². The lowest BCUT2D eigenvalue weighted by Gasteiger charge is -2.22. The SMILES string of the molecule is [C-]#[N+]c1cccc(-c2ccc3c4ccc(-c5cccc(C#N)c5)cc4n(-c4cc(C#N)cc(-n5c6cc(-c7cccc(C#N)c7)ccc6c6ccc(-c7cccc(C#N)c7)cc65)c4-c4ccc(C(F)(F)F)cc4[N+]#[C-])c3c2)c1. The van der Waals surface area contributed by atoms with Gasteiger partial charge >= 0.3 is 6.18 Å². The molecule has 0 aliphatic heterocycles. The molecule has 0 N–H and O–H groups in total. The zero-order chi connectivity index (χ0) is 53.8. The molecule has 12 aromatic rings. The average molecular weight is 1010 g/mol. The van der Waals surface area contributed by atoms with Crippen LogP contribution in [0.2, 0.25) is 0 Å². The first-order valence-electron chi connectivity index (χ1n) is 24.3. The van der Waals surface area contributed by atoms with Crippen LogP contribution in [0.25, 0.3) is 120 Å². The number of fused-ring (bicyclic) bond motifs is 6. The predicted molar refractivity (Wildman–Crippen MR) is 299 cm³/mol. The molecule has 0 aliphatic rings. The molecule has 0 amide bonds. The maximum atomic E-state index is 14.7. The number of alkyl halides is 3. The Kier molecular flexibility index (Phi) is 11.4. The molecule has 0 unspecified atom stereocenters. The molecule has 0 spiro atoms. The maximum absolute atomic E-state index is 14.7. The Balaban J connectivity index is 1.28. The van der Waals surface area contributed by atoms with Gasteiger partial charge in [0.2, 0.25) is 0 Å². The number of halogens is 3. The van der Waals surface area contributed by atoms with Crippen LogP contribution in [0.5, 0.6) is 0 Å². The number of aromatic nitrogens is 2. The standard InChI is InChI=1S/C67H33F3N8/c1-75-53-14-6-13-47(30-53)51-18-23-57-56-22-17-50(46-12-5-9-42(27-46)38-73)33-62(56)78(63(57)34-51)65-29-43(39-74)28-64(66(65)58-24-19-52(67(68,69)70)35-59(58)76-2)77-60-31-48(44-10-3-7-40(25-44)36-71)15-20-54(60)55-21-16-49(32-61(55)77)45-11-4-8-41(26-45)37-72/h3-35H. The van der Waals surface area contributed by atoms with Gasteiger partial charge in [0.1, 0.15) is 0 Å². The van der Waals surface area contributed by atoms with E-state index in [0.717, 1.165) is 78.2 Å². The van der Waals surface area contributed by atoms with Crippen LogP contribution in [0.1, 0.15) is 27.8 Å². The predicted octanol–water partition coefficient (Wildman–Crippen LogP) is 17.8. The molecule has 2 aromatic heterocycles. The van der Waals surface area contributed by atoms with Crippen molar-refractivity contribution < 1.29 is 13.2 Å². The summed E-state index contributed by atoms with van der Waals surface area (Å²) in [6.07, 6.45) is -4.79. The number of hydrogen-bond donors (Lipinski definition) is 0. The largest absolute Gasteiger partial charge is 0.415 e. The summed E-state index contributed by atoms with van der Waals surface area (Å²) in [6, 6.07) is 68.3. The molecular formula is C67H33F3N8. The first-order valence-corrected chi connectivity index (χ1v) is 24.3. The van der Waals surface area contributed by atoms with Gasteiger partial charge in [0.05, 0.1) is 93.1 Å². The van der Waals surface area contributed by atoms with Crippen LogP contribution in [0.3, 0.4) is 0 Å². The van der Waals surface area contributed by atoms with Crippen molar-refractivity contribution in [3.05, 3.63) is 251 Å². The molecule has 78 heavy (non-hydrogen) atoms. The molecule has 8 nitrogen and oxygen atoms in total. The van der Waals surface area contributed by atoms with Crippen molar-refractivity contribution in [2.45, 2.75) is 6.18 Å². The first kappa shape index (κ1) is 47.5. The molecule has 12 rings (SSSR count). The van der Waals surface area contributed by atoms with E-state index in [1.165, 1.54) is 6.07 Å². The number of rotatable bonds is 7. The Morgan fingerprint density at radius 2 is 0.744 bits per heavy atom. The Morgan fingerprint density at radius 3 is 1.10 bits per heavy atom. The van der Waals surface area contributed by atoms with Gasteiger partial charge in [-0.15, -0.1) is 0 Å². The zero-order valence-corrected chi connectivity index (χ0v) is 40.8. The summed E-state index contributed by atoms with van der Waals surface area (Å²) < 4.78 is 48.1. The van der Waals surface area contributed by atoms with Gasteiger partial charge in [0, 0.05) is 32.7 Å². The van der Waals surface area contributed by atoms with Gasteiger partial charge in [0.25, 0.3) is 0 Å². The summed E-state index contributed by atoms with van der Waals surface area (Å²) in [5, 5.41) is 44.2. The maximum Gasteiger partial charge on any atom is 0.415 e. The van der Waals surface area contributed by atoms with Gasteiger partial charge in [-0.05, 0) is 135 Å². The van der Waals surface area contributed by atoms with Crippen LogP contribution < -0.4 is 0 Å². The molecule has 0 fully saturated rings. The highest BCUT2D eigenvalue weighted by Crippen LogP contribution is 2.48. The molecule has 0 saturated carbocycles. The summed E-state index contributed by atoms with van der Waals surface area (Å²) in [5.41, 5.74) is 10.6. The molecule has 0 bridgehead atoms. The average Bonchev–Trinajstić information content (AvgIpc) is 4.19. The Labute approximate surface area is 444 Å². The van der Waals surface area contributed by atoms with Crippen LogP contribution in [0.15, 0.2) is 200 Å². The minimum Gasteiger partial charge on any atom is -0.309 e. The third-order valence-electron chi connectivity index (χ3n) is 14.2. The van der Waals surface area contributed by atoms with E-state index < -0.39 is 11.7 Å². The third-order valence-corrected chi connectivity index (χ3v) is 14.2. The van der Waals surface area contributed by atoms with Gasteiger partial charge in [-0.1, -0.05) is 115 Å². The van der Waals surface area contributed by atoms with Crippen molar-refractivity contribution in [2.24, 2.45) is 0 Å². The highest BCUT2D eigenvalue weighted by atomic mass is 19.4. The Bertz CT molecular complexity index is 4330. The van der Waals surface area contributed by atoms with Crippen molar-refractivity contribution in [3.63, 3.8) is 0 Å². The van der Waals surface area contributed by atoms with Crippen molar-refractivity contribution >= 4 is 55.0 Å². The summed E-state index contributed by atoms with van der Waals surface area (Å²) in [7, 11) is 0. The Hall–Kier alpha value is -11.5. The van der Waals surface area contributed by atoms with Crippen molar-refractivity contribution in [1.82, 2.24) is 9.13 Å². The minimum absolute atomic E-state index is 0.159. The van der Waals surface area contributed by atoms with Gasteiger partial charge < -0.3 is 9.13 Å². The summed E-state index contributed by atoms with van der Waals surface area (Å²) in [6.45, 7) is 16.3. The smallest absolute Gasteiger partial charge is 0.309 e. The van der Waals surface area contributed by atoms with E-state index in [1.807, 2.05) is 112 Å². The second kappa shape index (κ2) is 18.8. The number of hydrogen-bond acceptors (Lipinski definition) is 4. The van der Waals surface area contributed by atoms with Crippen LogP contribution in [0, 0.1) is 58.5 Å². The fourth-order valence-electron chi connectivity index (χ4n) is 10.7. The van der Waals surface area contributed by atoms with Crippen molar-refractivity contribution in [3.8, 4) is 91.3 Å². The van der Waals surface area contributed by atoms with E-state index >= 15 is 0 Å². The monoisotopic (exact) mass is 1010 g/mol. The minimum atomic E-state index is -4.79. The summed E-state index contributed by atoms with van der Waals surface area (Å²) >= 11 is 0. The quantitative estimate of drug-likeness (QED) is 0.148. The van der Waals surface area contributed by atoms with E-state index in [-0.39, 0.29) is 16.8 Å². The molecule has 0 radical (unpaired) electrons. The highest BCUT2D eigenvalue weighted by molar-refractivity contribution is 6.14. The van der Waals surface area contributed by atoms with Gasteiger partial charge in [-0.3, -0.25) is 0 Å². The van der Waals surface area contributed by atoms with Gasteiger partial charge in [-0.25, -0.2) is 9.69 Å². The van der Waals surface area contributed by atoms with Gasteiger partial charge in [0.15, 0.2) is 11.4 Å². The lowest BCUT2D eigenvalue weighted by molar-refractivity contribution is -0.137. The number of benzene rings is 10. The van der Waals surface area contributed by atoms with E-state index in [1.54, 1.807) is 78.9 Å². The van der Waals surface area contributed by atoms with Crippen molar-refractivity contribution in [1.29, 1.82) is 21.0 Å². The zero-order valence-electron chi connectivity index (χ0n) is 40.8. The van der Waals surface area contributed by atoms with E-state index in [0.29, 0.717) is 61.4 Å². The van der Waals surface area contributed by atoms with Crippen LogP contribution in [-0.2, 0) is 6.18 Å². The first-order chi connectivity index (χ1) is 38.0. The fraction of sp³-hybridized carbons (Fsp3) is 0.0149. The number of nitriles is 4. The fourth-order valence-corrected chi connectivity index (χ4v) is 10.7. The lowest BCUT2D eigenvalue weighted by atomic mass is 9.95. The second-order valence-electron chi connectivity index (χ2n) is 18.7. The second-order valence-corrected chi connectivity index (χ2v) is 18.7. The molecule has 362 valence electrons. The van der Waals surface area contributed by atoms with E-state index in [9.17, 15) is 34.2 Å². The normalized spacial score (nSPS) is 11.2. The molecule has 2 heterocycles.